The van der Waals surface area contributed by atoms with E-state index >= 15 is 0 Å². The topological polar surface area (TPSA) is 26.0 Å². The van der Waals surface area contributed by atoms with Crippen LogP contribution >= 0.6 is 0 Å². The van der Waals surface area contributed by atoms with Gasteiger partial charge in [-0.2, -0.15) is 0 Å². The van der Waals surface area contributed by atoms with E-state index in [0.717, 1.165) is 23.7 Å². The van der Waals surface area contributed by atoms with E-state index in [2.05, 4.69) is 27.7 Å². The lowest BCUT2D eigenvalue weighted by molar-refractivity contribution is 0.159. The first kappa shape index (κ1) is 11.0. The molecule has 0 heterocycles. The van der Waals surface area contributed by atoms with E-state index in [1.807, 2.05) is 0 Å². The summed E-state index contributed by atoms with van der Waals surface area (Å²) in [6.07, 6.45) is 3.91. The highest BCUT2D eigenvalue weighted by atomic mass is 14.6. The summed E-state index contributed by atoms with van der Waals surface area (Å²) in [4.78, 5) is 0. The normalized spacial score (nSPS) is 35.8. The molecule has 0 aromatic rings. The summed E-state index contributed by atoms with van der Waals surface area (Å²) in [5.74, 6) is 3.37. The fourth-order valence-electron chi connectivity index (χ4n) is 2.54. The van der Waals surface area contributed by atoms with E-state index in [1.54, 1.807) is 0 Å². The van der Waals surface area contributed by atoms with Crippen LogP contribution < -0.4 is 5.73 Å². The van der Waals surface area contributed by atoms with Crippen molar-refractivity contribution in [1.82, 2.24) is 0 Å². The summed E-state index contributed by atoms with van der Waals surface area (Å²) in [5.41, 5.74) is 6.09. The van der Waals surface area contributed by atoms with Crippen LogP contribution in [0.25, 0.3) is 0 Å². The highest BCUT2D eigenvalue weighted by molar-refractivity contribution is 4.83. The molecule has 78 valence electrons. The molecule has 1 nitrogen and oxygen atoms in total. The van der Waals surface area contributed by atoms with Crippen LogP contribution in [0.1, 0.15) is 47.0 Å². The van der Waals surface area contributed by atoms with E-state index in [1.165, 1.54) is 19.3 Å². The molecule has 1 rings (SSSR count). The zero-order valence-corrected chi connectivity index (χ0v) is 9.59. The summed E-state index contributed by atoms with van der Waals surface area (Å²) >= 11 is 0. The van der Waals surface area contributed by atoms with Gasteiger partial charge in [0.05, 0.1) is 0 Å². The summed E-state index contributed by atoms with van der Waals surface area (Å²) in [6, 6.07) is 0.466. The molecule has 1 heteroatoms. The minimum Gasteiger partial charge on any atom is -0.328 e. The van der Waals surface area contributed by atoms with E-state index in [-0.39, 0.29) is 0 Å². The van der Waals surface area contributed by atoms with Gasteiger partial charge in [0.2, 0.25) is 0 Å². The maximum Gasteiger partial charge on any atom is 0.00443 e. The van der Waals surface area contributed by atoms with E-state index in [0.29, 0.717) is 6.04 Å². The molecule has 0 saturated heterocycles. The molecule has 0 aromatic carbocycles. The minimum absolute atomic E-state index is 0.466. The number of nitrogens with two attached hydrogens (primary N) is 1. The monoisotopic (exact) mass is 183 g/mol. The Kier molecular flexibility index (Phi) is 3.78. The quantitative estimate of drug-likeness (QED) is 0.699. The van der Waals surface area contributed by atoms with Crippen molar-refractivity contribution in [2.24, 2.45) is 29.4 Å². The van der Waals surface area contributed by atoms with Gasteiger partial charge < -0.3 is 5.73 Å². The van der Waals surface area contributed by atoms with Gasteiger partial charge in [-0.3, -0.25) is 0 Å². The summed E-state index contributed by atoms with van der Waals surface area (Å²) in [5, 5.41) is 0. The Labute approximate surface area is 83.1 Å². The summed E-state index contributed by atoms with van der Waals surface area (Å²) in [6.45, 7) is 9.33. The van der Waals surface area contributed by atoms with Gasteiger partial charge in [-0.1, -0.05) is 27.7 Å². The molecule has 0 aromatic heterocycles. The van der Waals surface area contributed by atoms with Crippen LogP contribution in [-0.4, -0.2) is 6.04 Å². The Morgan fingerprint density at radius 1 is 0.846 bits per heavy atom. The molecule has 13 heavy (non-hydrogen) atoms. The average Bonchev–Trinajstić information content (AvgIpc) is 2.03. The average molecular weight is 183 g/mol. The second-order valence-corrected chi connectivity index (χ2v) is 5.48. The predicted octanol–water partition coefficient (Wildman–Crippen LogP) is 3.04. The molecule has 1 fully saturated rings. The lowest BCUT2D eigenvalue weighted by Gasteiger charge is -2.37. The fraction of sp³-hybridized carbons (Fsp3) is 1.00. The Morgan fingerprint density at radius 2 is 1.23 bits per heavy atom. The van der Waals surface area contributed by atoms with Crippen LogP contribution in [0.2, 0.25) is 0 Å². The van der Waals surface area contributed by atoms with Crippen LogP contribution in [0.3, 0.4) is 0 Å². The maximum absolute atomic E-state index is 6.09. The first-order chi connectivity index (χ1) is 6.00. The van der Waals surface area contributed by atoms with Crippen LogP contribution in [0, 0.1) is 23.7 Å². The third-order valence-corrected chi connectivity index (χ3v) is 3.70. The second kappa shape index (κ2) is 4.45. The van der Waals surface area contributed by atoms with Gasteiger partial charge in [-0.15, -0.1) is 0 Å². The molecule has 2 N–H and O–H groups in total. The highest BCUT2D eigenvalue weighted by Gasteiger charge is 2.29. The molecule has 1 saturated carbocycles. The third kappa shape index (κ3) is 2.98. The molecule has 2 atom stereocenters. The van der Waals surface area contributed by atoms with Gasteiger partial charge in [-0.25, -0.2) is 0 Å². The van der Waals surface area contributed by atoms with E-state index < -0.39 is 0 Å². The van der Waals surface area contributed by atoms with Crippen molar-refractivity contribution < 1.29 is 0 Å². The first-order valence-electron chi connectivity index (χ1n) is 5.76. The van der Waals surface area contributed by atoms with Crippen LogP contribution in [0.15, 0.2) is 0 Å². The smallest absolute Gasteiger partial charge is 0.00443 e. The molecule has 0 radical (unpaired) electrons. The highest BCUT2D eigenvalue weighted by Crippen LogP contribution is 2.36. The Bertz CT molecular complexity index is 135. The van der Waals surface area contributed by atoms with Crippen LogP contribution in [0.5, 0.6) is 0 Å². The van der Waals surface area contributed by atoms with Crippen molar-refractivity contribution in [1.29, 1.82) is 0 Å². The summed E-state index contributed by atoms with van der Waals surface area (Å²) < 4.78 is 0. The zero-order chi connectivity index (χ0) is 10.0. The molecule has 0 amide bonds. The van der Waals surface area contributed by atoms with Gasteiger partial charge in [-0.05, 0) is 42.9 Å². The van der Waals surface area contributed by atoms with E-state index in [9.17, 15) is 0 Å². The van der Waals surface area contributed by atoms with Gasteiger partial charge in [0.1, 0.15) is 0 Å². The lowest BCUT2D eigenvalue weighted by Crippen LogP contribution is -2.36. The third-order valence-electron chi connectivity index (χ3n) is 3.70. The molecule has 2 unspecified atom stereocenters. The number of hydrogen-bond acceptors (Lipinski definition) is 1. The molecule has 0 bridgehead atoms. The molecule has 1 aliphatic rings. The van der Waals surface area contributed by atoms with Gasteiger partial charge in [0.15, 0.2) is 0 Å². The minimum atomic E-state index is 0.466. The Hall–Kier alpha value is -0.0400. The van der Waals surface area contributed by atoms with Gasteiger partial charge in [0, 0.05) is 6.04 Å². The van der Waals surface area contributed by atoms with Crippen LogP contribution in [-0.2, 0) is 0 Å². The molecule has 1 aliphatic carbocycles. The first-order valence-corrected chi connectivity index (χ1v) is 5.76. The maximum atomic E-state index is 6.09. The van der Waals surface area contributed by atoms with Gasteiger partial charge >= 0.3 is 0 Å². The Balaban J connectivity index is 2.52. The molecular weight excluding hydrogens is 158 g/mol. The van der Waals surface area contributed by atoms with Crippen molar-refractivity contribution in [3.05, 3.63) is 0 Å². The fourth-order valence-corrected chi connectivity index (χ4v) is 2.54. The second-order valence-electron chi connectivity index (χ2n) is 5.48. The SMILES string of the molecule is CC(C)C1CC(N)CC(C(C)C)C1. The van der Waals surface area contributed by atoms with Gasteiger partial charge in [0.25, 0.3) is 0 Å². The van der Waals surface area contributed by atoms with Crippen molar-refractivity contribution in [2.75, 3.05) is 0 Å². The van der Waals surface area contributed by atoms with Crippen LogP contribution in [0.4, 0.5) is 0 Å². The molecule has 0 spiro atoms. The lowest BCUT2D eigenvalue weighted by atomic mass is 9.71. The largest absolute Gasteiger partial charge is 0.328 e. The van der Waals surface area contributed by atoms with E-state index in [4.69, 9.17) is 5.73 Å². The zero-order valence-electron chi connectivity index (χ0n) is 9.59. The number of rotatable bonds is 2. The Morgan fingerprint density at radius 3 is 1.54 bits per heavy atom. The molecular formula is C12H25N. The van der Waals surface area contributed by atoms with Crippen molar-refractivity contribution in [3.63, 3.8) is 0 Å². The standard InChI is InChI=1S/C12H25N/c1-8(2)10-5-11(9(3)4)7-12(13)6-10/h8-12H,5-7,13H2,1-4H3. The molecule has 0 aliphatic heterocycles. The van der Waals surface area contributed by atoms with Crippen molar-refractivity contribution in [2.45, 2.75) is 53.0 Å². The number of hydrogen-bond donors (Lipinski definition) is 1. The predicted molar refractivity (Wildman–Crippen MR) is 58.5 cm³/mol. The van der Waals surface area contributed by atoms with Crippen molar-refractivity contribution in [3.8, 4) is 0 Å². The summed E-state index contributed by atoms with van der Waals surface area (Å²) in [7, 11) is 0. The van der Waals surface area contributed by atoms with Crippen molar-refractivity contribution >= 4 is 0 Å².